The van der Waals surface area contributed by atoms with Crippen LogP contribution in [0.25, 0.3) is 0 Å². The van der Waals surface area contributed by atoms with Crippen LogP contribution in [0.5, 0.6) is 0 Å². The zero-order valence-electron chi connectivity index (χ0n) is 10.7. The summed E-state index contributed by atoms with van der Waals surface area (Å²) in [5.41, 5.74) is 1.20. The number of hydrogen-bond donors (Lipinski definition) is 1. The summed E-state index contributed by atoms with van der Waals surface area (Å²) in [5, 5.41) is 3.73. The second-order valence-electron chi connectivity index (χ2n) is 5.19. The smallest absolute Gasteiger partial charge is 0.123 e. The second kappa shape index (κ2) is 5.63. The van der Waals surface area contributed by atoms with Gasteiger partial charge in [0.2, 0.25) is 0 Å². The standard InChI is InChI=1S/C15H22FN/c1-3-14(12-7-9-13(16)10-8-12)17-15-6-4-5-11(15)2/h7-11,14-15,17H,3-6H2,1-2H3. The van der Waals surface area contributed by atoms with Gasteiger partial charge in [-0.15, -0.1) is 0 Å². The molecule has 0 radical (unpaired) electrons. The molecule has 1 aliphatic rings. The Morgan fingerprint density at radius 3 is 2.53 bits per heavy atom. The number of rotatable bonds is 4. The molecule has 0 saturated heterocycles. The maximum atomic E-state index is 12.9. The minimum atomic E-state index is -0.155. The Labute approximate surface area is 103 Å². The van der Waals surface area contributed by atoms with E-state index in [1.165, 1.54) is 24.8 Å². The van der Waals surface area contributed by atoms with Crippen molar-refractivity contribution in [2.24, 2.45) is 5.92 Å². The summed E-state index contributed by atoms with van der Waals surface area (Å²) in [4.78, 5) is 0. The first-order chi connectivity index (χ1) is 8.20. The Bertz CT molecular complexity index is 346. The molecular weight excluding hydrogens is 213 g/mol. The first-order valence-electron chi connectivity index (χ1n) is 6.72. The van der Waals surface area contributed by atoms with Gasteiger partial charge in [-0.2, -0.15) is 0 Å². The van der Waals surface area contributed by atoms with E-state index >= 15 is 0 Å². The quantitative estimate of drug-likeness (QED) is 0.830. The van der Waals surface area contributed by atoms with E-state index in [2.05, 4.69) is 19.2 Å². The van der Waals surface area contributed by atoms with Crippen molar-refractivity contribution in [3.63, 3.8) is 0 Å². The molecule has 2 heteroatoms. The van der Waals surface area contributed by atoms with Crippen LogP contribution in [0.3, 0.4) is 0 Å². The number of hydrogen-bond acceptors (Lipinski definition) is 1. The predicted octanol–water partition coefficient (Wildman–Crippen LogP) is 4.06. The van der Waals surface area contributed by atoms with Crippen molar-refractivity contribution in [2.45, 2.75) is 51.6 Å². The summed E-state index contributed by atoms with van der Waals surface area (Å²) in [5.74, 6) is 0.613. The summed E-state index contributed by atoms with van der Waals surface area (Å²) in [6, 6.07) is 7.90. The Kier molecular flexibility index (Phi) is 4.16. The van der Waals surface area contributed by atoms with Crippen LogP contribution < -0.4 is 5.32 Å². The molecule has 0 bridgehead atoms. The molecular formula is C15H22FN. The number of nitrogens with one attached hydrogen (secondary N) is 1. The Balaban J connectivity index is 2.03. The van der Waals surface area contributed by atoms with Crippen LogP contribution in [0, 0.1) is 11.7 Å². The number of halogens is 1. The van der Waals surface area contributed by atoms with Crippen molar-refractivity contribution in [3.8, 4) is 0 Å². The van der Waals surface area contributed by atoms with Crippen molar-refractivity contribution in [3.05, 3.63) is 35.6 Å². The maximum Gasteiger partial charge on any atom is 0.123 e. The maximum absolute atomic E-state index is 12.9. The monoisotopic (exact) mass is 235 g/mol. The normalized spacial score (nSPS) is 26.1. The van der Waals surface area contributed by atoms with Gasteiger partial charge in [-0.1, -0.05) is 32.4 Å². The van der Waals surface area contributed by atoms with Gasteiger partial charge in [0.15, 0.2) is 0 Å². The molecule has 1 aliphatic carbocycles. The van der Waals surface area contributed by atoms with Crippen LogP contribution in [-0.4, -0.2) is 6.04 Å². The van der Waals surface area contributed by atoms with E-state index in [4.69, 9.17) is 0 Å². The molecule has 1 saturated carbocycles. The van der Waals surface area contributed by atoms with E-state index in [0.29, 0.717) is 12.1 Å². The molecule has 1 nitrogen and oxygen atoms in total. The molecule has 1 N–H and O–H groups in total. The zero-order chi connectivity index (χ0) is 12.3. The molecule has 3 unspecified atom stereocenters. The lowest BCUT2D eigenvalue weighted by Gasteiger charge is -2.25. The first kappa shape index (κ1) is 12.6. The van der Waals surface area contributed by atoms with Gasteiger partial charge in [-0.05, 0) is 42.9 Å². The van der Waals surface area contributed by atoms with Gasteiger partial charge >= 0.3 is 0 Å². The van der Waals surface area contributed by atoms with Gasteiger partial charge in [0.1, 0.15) is 5.82 Å². The summed E-state index contributed by atoms with van der Waals surface area (Å²) in [7, 11) is 0. The lowest BCUT2D eigenvalue weighted by Crippen LogP contribution is -2.34. The van der Waals surface area contributed by atoms with E-state index in [1.807, 2.05) is 12.1 Å². The molecule has 1 aromatic rings. The molecule has 1 aromatic carbocycles. The Hall–Kier alpha value is -0.890. The van der Waals surface area contributed by atoms with Gasteiger partial charge in [-0.3, -0.25) is 0 Å². The van der Waals surface area contributed by atoms with Crippen LogP contribution in [0.4, 0.5) is 4.39 Å². The van der Waals surface area contributed by atoms with Gasteiger partial charge in [0.05, 0.1) is 0 Å². The third-order valence-corrected chi connectivity index (χ3v) is 3.96. The molecule has 17 heavy (non-hydrogen) atoms. The van der Waals surface area contributed by atoms with Gasteiger partial charge in [-0.25, -0.2) is 4.39 Å². The highest BCUT2D eigenvalue weighted by atomic mass is 19.1. The SMILES string of the molecule is CCC(NC1CCCC1C)c1ccc(F)cc1. The van der Waals surface area contributed by atoms with Crippen molar-refractivity contribution in [1.82, 2.24) is 5.32 Å². The number of benzene rings is 1. The topological polar surface area (TPSA) is 12.0 Å². The highest BCUT2D eigenvalue weighted by molar-refractivity contribution is 5.20. The highest BCUT2D eigenvalue weighted by Gasteiger charge is 2.25. The van der Waals surface area contributed by atoms with Gasteiger partial charge in [0.25, 0.3) is 0 Å². The van der Waals surface area contributed by atoms with E-state index in [0.717, 1.165) is 12.3 Å². The van der Waals surface area contributed by atoms with E-state index in [9.17, 15) is 4.39 Å². The molecule has 0 spiro atoms. The van der Waals surface area contributed by atoms with Crippen molar-refractivity contribution in [2.75, 3.05) is 0 Å². The summed E-state index contributed by atoms with van der Waals surface area (Å²) in [6.45, 7) is 4.50. The summed E-state index contributed by atoms with van der Waals surface area (Å²) < 4.78 is 12.9. The lowest BCUT2D eigenvalue weighted by molar-refractivity contribution is 0.369. The largest absolute Gasteiger partial charge is 0.307 e. The fourth-order valence-electron chi connectivity index (χ4n) is 2.80. The van der Waals surface area contributed by atoms with E-state index in [1.54, 1.807) is 12.1 Å². The minimum Gasteiger partial charge on any atom is -0.307 e. The average molecular weight is 235 g/mol. The molecule has 2 rings (SSSR count). The van der Waals surface area contributed by atoms with Crippen LogP contribution >= 0.6 is 0 Å². The molecule has 0 aliphatic heterocycles. The average Bonchev–Trinajstić information content (AvgIpc) is 2.73. The van der Waals surface area contributed by atoms with Crippen molar-refractivity contribution in [1.29, 1.82) is 0 Å². The first-order valence-corrected chi connectivity index (χ1v) is 6.72. The Morgan fingerprint density at radius 1 is 1.29 bits per heavy atom. The molecule has 0 heterocycles. The Morgan fingerprint density at radius 2 is 2.00 bits per heavy atom. The predicted molar refractivity (Wildman–Crippen MR) is 69.4 cm³/mol. The van der Waals surface area contributed by atoms with E-state index in [-0.39, 0.29) is 5.82 Å². The summed E-state index contributed by atoms with van der Waals surface area (Å²) in [6.07, 6.45) is 4.99. The fraction of sp³-hybridized carbons (Fsp3) is 0.600. The lowest BCUT2D eigenvalue weighted by atomic mass is 10.00. The van der Waals surface area contributed by atoms with Crippen LogP contribution in [-0.2, 0) is 0 Å². The molecule has 94 valence electrons. The molecule has 1 fully saturated rings. The van der Waals surface area contributed by atoms with Crippen LogP contribution in [0.2, 0.25) is 0 Å². The minimum absolute atomic E-state index is 0.155. The zero-order valence-corrected chi connectivity index (χ0v) is 10.7. The fourth-order valence-corrected chi connectivity index (χ4v) is 2.80. The second-order valence-corrected chi connectivity index (χ2v) is 5.19. The highest BCUT2D eigenvalue weighted by Crippen LogP contribution is 2.28. The third-order valence-electron chi connectivity index (χ3n) is 3.96. The third kappa shape index (κ3) is 3.06. The van der Waals surface area contributed by atoms with Gasteiger partial charge in [0, 0.05) is 12.1 Å². The van der Waals surface area contributed by atoms with Gasteiger partial charge < -0.3 is 5.32 Å². The summed E-state index contributed by atoms with van der Waals surface area (Å²) >= 11 is 0. The van der Waals surface area contributed by atoms with E-state index < -0.39 is 0 Å². The van der Waals surface area contributed by atoms with Crippen LogP contribution in [0.15, 0.2) is 24.3 Å². The molecule has 3 atom stereocenters. The van der Waals surface area contributed by atoms with Crippen LogP contribution in [0.1, 0.15) is 51.1 Å². The molecule has 0 aromatic heterocycles. The van der Waals surface area contributed by atoms with Crippen molar-refractivity contribution >= 4 is 0 Å². The van der Waals surface area contributed by atoms with Crippen molar-refractivity contribution < 1.29 is 4.39 Å². The molecule has 0 amide bonds.